The van der Waals surface area contributed by atoms with Gasteiger partial charge in [-0.3, -0.25) is 4.98 Å². The lowest BCUT2D eigenvalue weighted by atomic mass is 10.0. The van der Waals surface area contributed by atoms with Crippen molar-refractivity contribution in [3.8, 4) is 28.8 Å². The third kappa shape index (κ3) is 4.98. The second kappa shape index (κ2) is 9.74. The molecule has 2 nitrogen and oxygen atoms in total. The van der Waals surface area contributed by atoms with Crippen LogP contribution in [-0.4, -0.2) is 11.6 Å². The zero-order chi connectivity index (χ0) is 23.4. The van der Waals surface area contributed by atoms with Gasteiger partial charge in [0.25, 0.3) is 0 Å². The number of ether oxygens (including phenoxy) is 1. The number of unbranched alkanes of at least 4 members (excludes halogenated alkanes) is 1. The van der Waals surface area contributed by atoms with E-state index in [1.54, 1.807) is 30.3 Å². The highest BCUT2D eigenvalue weighted by Crippen LogP contribution is 2.25. The molecule has 0 aliphatic rings. The minimum atomic E-state index is -1.02. The first-order valence-corrected chi connectivity index (χ1v) is 10.4. The van der Waals surface area contributed by atoms with Crippen molar-refractivity contribution in [2.24, 2.45) is 0 Å². The topological polar surface area (TPSA) is 22.1 Å². The van der Waals surface area contributed by atoms with Crippen molar-refractivity contribution in [2.75, 3.05) is 6.61 Å². The first-order chi connectivity index (χ1) is 16.0. The third-order valence-electron chi connectivity index (χ3n) is 5.08. The zero-order valence-electron chi connectivity index (χ0n) is 17.8. The summed E-state index contributed by atoms with van der Waals surface area (Å²) in [6.45, 7) is 2.64. The highest BCUT2D eigenvalue weighted by Gasteiger charge is 2.12. The average molecular weight is 449 g/mol. The molecular formula is C27H19F4NO. The van der Waals surface area contributed by atoms with Crippen molar-refractivity contribution in [1.29, 1.82) is 0 Å². The summed E-state index contributed by atoms with van der Waals surface area (Å²) in [5.74, 6) is 2.05. The molecule has 3 aromatic carbocycles. The molecule has 1 heterocycles. The molecule has 0 saturated carbocycles. The van der Waals surface area contributed by atoms with Crippen LogP contribution in [0.5, 0.6) is 5.75 Å². The van der Waals surface area contributed by atoms with E-state index in [1.165, 1.54) is 6.20 Å². The van der Waals surface area contributed by atoms with Crippen LogP contribution in [0.3, 0.4) is 0 Å². The van der Waals surface area contributed by atoms with Crippen LogP contribution < -0.4 is 4.74 Å². The van der Waals surface area contributed by atoms with E-state index in [4.69, 9.17) is 4.74 Å². The van der Waals surface area contributed by atoms with Crippen molar-refractivity contribution in [3.63, 3.8) is 0 Å². The van der Waals surface area contributed by atoms with Gasteiger partial charge in [-0.25, -0.2) is 17.6 Å². The average Bonchev–Trinajstić information content (AvgIpc) is 2.80. The van der Waals surface area contributed by atoms with Gasteiger partial charge in [0.05, 0.1) is 24.1 Å². The summed E-state index contributed by atoms with van der Waals surface area (Å²) >= 11 is 0. The van der Waals surface area contributed by atoms with Gasteiger partial charge in [-0.2, -0.15) is 0 Å². The number of hydrogen-bond donors (Lipinski definition) is 0. The number of aromatic nitrogens is 1. The SMILES string of the molecule is CCCCOc1ccc(-c2cc(F)c(C#Cc3cccc4cc(F)c(F)cc34)c(F)c2)nc1. The molecule has 0 aliphatic heterocycles. The highest BCUT2D eigenvalue weighted by atomic mass is 19.2. The Morgan fingerprint density at radius 2 is 1.61 bits per heavy atom. The number of pyridine rings is 1. The number of hydrogen-bond acceptors (Lipinski definition) is 2. The lowest BCUT2D eigenvalue weighted by molar-refractivity contribution is 0.308. The fourth-order valence-electron chi connectivity index (χ4n) is 3.32. The smallest absolute Gasteiger partial charge is 0.159 e. The lowest BCUT2D eigenvalue weighted by Crippen LogP contribution is -1.97. The number of nitrogens with zero attached hydrogens (tertiary/aromatic N) is 1. The molecule has 0 unspecified atom stereocenters. The Balaban J connectivity index is 1.63. The maximum absolute atomic E-state index is 14.7. The Morgan fingerprint density at radius 1 is 0.848 bits per heavy atom. The predicted molar refractivity (Wildman–Crippen MR) is 120 cm³/mol. The molecule has 0 bridgehead atoms. The van der Waals surface area contributed by atoms with Crippen molar-refractivity contribution in [3.05, 3.63) is 95.2 Å². The Labute approximate surface area is 188 Å². The van der Waals surface area contributed by atoms with E-state index >= 15 is 0 Å². The van der Waals surface area contributed by atoms with Gasteiger partial charge in [-0.15, -0.1) is 0 Å². The van der Waals surface area contributed by atoms with Crippen LogP contribution in [-0.2, 0) is 0 Å². The van der Waals surface area contributed by atoms with Crippen molar-refractivity contribution in [1.82, 2.24) is 4.98 Å². The number of benzene rings is 3. The molecular weight excluding hydrogens is 430 g/mol. The van der Waals surface area contributed by atoms with E-state index in [-0.39, 0.29) is 5.56 Å². The lowest BCUT2D eigenvalue weighted by Gasteiger charge is -2.07. The zero-order valence-corrected chi connectivity index (χ0v) is 17.8. The van der Waals surface area contributed by atoms with Gasteiger partial charge in [-0.1, -0.05) is 37.3 Å². The summed E-state index contributed by atoms with van der Waals surface area (Å²) in [6.07, 6.45) is 3.44. The second-order valence-electron chi connectivity index (χ2n) is 7.44. The molecule has 4 rings (SSSR count). The summed E-state index contributed by atoms with van der Waals surface area (Å²) in [5, 5.41) is 0.789. The molecule has 0 aliphatic carbocycles. The number of rotatable bonds is 5. The molecule has 1 aromatic heterocycles. The number of halogens is 4. The fourth-order valence-corrected chi connectivity index (χ4v) is 3.32. The summed E-state index contributed by atoms with van der Waals surface area (Å²) in [5.41, 5.74) is 0.563. The van der Waals surface area contributed by atoms with Crippen molar-refractivity contribution < 1.29 is 22.3 Å². The number of fused-ring (bicyclic) bond motifs is 1. The first-order valence-electron chi connectivity index (χ1n) is 10.4. The monoisotopic (exact) mass is 449 g/mol. The summed E-state index contributed by atoms with van der Waals surface area (Å²) in [6, 6.07) is 12.5. The van der Waals surface area contributed by atoms with E-state index in [0.717, 1.165) is 37.1 Å². The standard InChI is InChI=1S/C27H19F4NO/c1-2-3-11-33-20-8-10-27(32-16-20)19-13-23(28)21(24(29)14-19)9-7-17-5-4-6-18-12-25(30)26(31)15-22(17)18/h4-6,8,10,12-16H,2-3,11H2,1H3. The van der Waals surface area contributed by atoms with Crippen LogP contribution in [0.25, 0.3) is 22.0 Å². The van der Waals surface area contributed by atoms with Gasteiger partial charge in [-0.05, 0) is 54.3 Å². The van der Waals surface area contributed by atoms with Crippen molar-refractivity contribution >= 4 is 10.8 Å². The molecule has 0 amide bonds. The van der Waals surface area contributed by atoms with Gasteiger partial charge in [0.2, 0.25) is 0 Å². The van der Waals surface area contributed by atoms with E-state index in [1.807, 2.05) is 0 Å². The summed E-state index contributed by atoms with van der Waals surface area (Å²) in [4.78, 5) is 4.22. The van der Waals surface area contributed by atoms with Crippen LogP contribution in [0, 0.1) is 35.1 Å². The van der Waals surface area contributed by atoms with Crippen LogP contribution in [0.2, 0.25) is 0 Å². The Hall–Kier alpha value is -3.85. The fraction of sp³-hybridized carbons (Fsp3) is 0.148. The highest BCUT2D eigenvalue weighted by molar-refractivity contribution is 5.88. The van der Waals surface area contributed by atoms with E-state index in [0.29, 0.717) is 34.4 Å². The summed E-state index contributed by atoms with van der Waals surface area (Å²) in [7, 11) is 0. The molecule has 0 saturated heterocycles. The Morgan fingerprint density at radius 3 is 2.30 bits per heavy atom. The van der Waals surface area contributed by atoms with Crippen LogP contribution in [0.1, 0.15) is 30.9 Å². The quantitative estimate of drug-likeness (QED) is 0.185. The minimum Gasteiger partial charge on any atom is -0.492 e. The Bertz CT molecular complexity index is 1350. The molecule has 166 valence electrons. The maximum atomic E-state index is 14.7. The minimum absolute atomic E-state index is 0.262. The van der Waals surface area contributed by atoms with E-state index < -0.39 is 28.8 Å². The van der Waals surface area contributed by atoms with E-state index in [2.05, 4.69) is 23.7 Å². The van der Waals surface area contributed by atoms with E-state index in [9.17, 15) is 17.6 Å². The molecule has 0 N–H and O–H groups in total. The predicted octanol–water partition coefficient (Wildman–Crippen LogP) is 7.04. The van der Waals surface area contributed by atoms with Gasteiger partial charge < -0.3 is 4.74 Å². The second-order valence-corrected chi connectivity index (χ2v) is 7.44. The molecule has 0 fully saturated rings. The van der Waals surface area contributed by atoms with Gasteiger partial charge in [0, 0.05) is 16.5 Å². The summed E-state index contributed by atoms with van der Waals surface area (Å²) < 4.78 is 62.1. The molecule has 0 spiro atoms. The molecule has 0 radical (unpaired) electrons. The van der Waals surface area contributed by atoms with Crippen LogP contribution in [0.15, 0.2) is 60.8 Å². The van der Waals surface area contributed by atoms with Crippen LogP contribution in [0.4, 0.5) is 17.6 Å². The van der Waals surface area contributed by atoms with Crippen LogP contribution >= 0.6 is 0 Å². The molecule has 6 heteroatoms. The normalized spacial score (nSPS) is 10.7. The maximum Gasteiger partial charge on any atom is 0.159 e. The van der Waals surface area contributed by atoms with Crippen molar-refractivity contribution in [2.45, 2.75) is 19.8 Å². The molecule has 4 aromatic rings. The molecule has 0 atom stereocenters. The van der Waals surface area contributed by atoms with Gasteiger partial charge >= 0.3 is 0 Å². The van der Waals surface area contributed by atoms with Gasteiger partial charge in [0.15, 0.2) is 11.6 Å². The van der Waals surface area contributed by atoms with Gasteiger partial charge in [0.1, 0.15) is 17.4 Å². The Kier molecular flexibility index (Phi) is 6.60. The molecule has 33 heavy (non-hydrogen) atoms. The third-order valence-corrected chi connectivity index (χ3v) is 5.08. The largest absolute Gasteiger partial charge is 0.492 e. The first kappa shape index (κ1) is 22.3.